The maximum Gasteiger partial charge on any atom is 0.410 e. The molecule has 0 saturated carbocycles. The van der Waals surface area contributed by atoms with Gasteiger partial charge in [-0.1, -0.05) is 0 Å². The van der Waals surface area contributed by atoms with Crippen LogP contribution in [0.1, 0.15) is 0 Å². The van der Waals surface area contributed by atoms with Gasteiger partial charge in [0.15, 0.2) is 5.75 Å². The maximum absolute atomic E-state index is 12.9. The summed E-state index contributed by atoms with van der Waals surface area (Å²) >= 11 is 0. The van der Waals surface area contributed by atoms with Gasteiger partial charge in [0, 0.05) is 6.07 Å². The van der Waals surface area contributed by atoms with Crippen LogP contribution in [-0.2, 0) is 0 Å². The summed E-state index contributed by atoms with van der Waals surface area (Å²) in [6, 6.07) is 1.24. The Morgan fingerprint density at radius 1 is 1.44 bits per heavy atom. The van der Waals surface area contributed by atoms with Crippen molar-refractivity contribution in [3.63, 3.8) is 0 Å². The summed E-state index contributed by atoms with van der Waals surface area (Å²) in [5.41, 5.74) is 5.24. The van der Waals surface area contributed by atoms with E-state index in [0.29, 0.717) is 5.69 Å². The number of ether oxygens (including phenoxy) is 1. The fourth-order valence-corrected chi connectivity index (χ4v) is 1.14. The summed E-state index contributed by atoms with van der Waals surface area (Å²) in [5, 5.41) is 3.86. The lowest BCUT2D eigenvalue weighted by molar-refractivity contribution is 0.211. The van der Waals surface area contributed by atoms with Crippen LogP contribution in [-0.4, -0.2) is 20.9 Å². The van der Waals surface area contributed by atoms with Crippen molar-refractivity contribution in [2.75, 3.05) is 0 Å². The van der Waals surface area contributed by atoms with Crippen molar-refractivity contribution in [2.24, 2.45) is 5.73 Å². The van der Waals surface area contributed by atoms with E-state index in [2.05, 4.69) is 14.8 Å². The third-order valence-corrected chi connectivity index (χ3v) is 1.73. The van der Waals surface area contributed by atoms with Crippen LogP contribution in [0, 0.1) is 5.82 Å². The SMILES string of the molecule is NC(=O)Oc1cnn(-c2cncc(F)c2)c1. The fourth-order valence-electron chi connectivity index (χ4n) is 1.14. The van der Waals surface area contributed by atoms with Crippen LogP contribution in [0.4, 0.5) is 9.18 Å². The second kappa shape index (κ2) is 3.97. The quantitative estimate of drug-likeness (QED) is 0.816. The van der Waals surface area contributed by atoms with E-state index in [0.717, 1.165) is 6.20 Å². The van der Waals surface area contributed by atoms with Crippen molar-refractivity contribution in [1.82, 2.24) is 14.8 Å². The summed E-state index contributed by atoms with van der Waals surface area (Å²) in [6.45, 7) is 0. The molecule has 6 nitrogen and oxygen atoms in total. The maximum atomic E-state index is 12.9. The first-order valence-corrected chi connectivity index (χ1v) is 4.28. The van der Waals surface area contributed by atoms with Gasteiger partial charge in [-0.3, -0.25) is 4.98 Å². The first-order chi connectivity index (χ1) is 7.65. The molecule has 16 heavy (non-hydrogen) atoms. The smallest absolute Gasteiger partial charge is 0.407 e. The zero-order valence-electron chi connectivity index (χ0n) is 8.00. The summed E-state index contributed by atoms with van der Waals surface area (Å²) in [5.74, 6) is -0.304. The lowest BCUT2D eigenvalue weighted by Gasteiger charge is -1.99. The minimum Gasteiger partial charge on any atom is -0.407 e. The molecule has 0 unspecified atom stereocenters. The Morgan fingerprint density at radius 3 is 2.94 bits per heavy atom. The lowest BCUT2D eigenvalue weighted by Crippen LogP contribution is -2.15. The highest BCUT2D eigenvalue weighted by atomic mass is 19.1. The summed E-state index contributed by atoms with van der Waals surface area (Å²) in [7, 11) is 0. The van der Waals surface area contributed by atoms with E-state index in [9.17, 15) is 9.18 Å². The Morgan fingerprint density at radius 2 is 2.25 bits per heavy atom. The number of rotatable bonds is 2. The van der Waals surface area contributed by atoms with Crippen molar-refractivity contribution in [3.05, 3.63) is 36.7 Å². The highest BCUT2D eigenvalue weighted by Crippen LogP contribution is 2.13. The van der Waals surface area contributed by atoms with E-state index >= 15 is 0 Å². The molecule has 2 aromatic heterocycles. The number of halogens is 1. The van der Waals surface area contributed by atoms with Gasteiger partial charge in [0.2, 0.25) is 0 Å². The molecule has 0 fully saturated rings. The van der Waals surface area contributed by atoms with Gasteiger partial charge in [-0.25, -0.2) is 13.9 Å². The zero-order chi connectivity index (χ0) is 11.5. The topological polar surface area (TPSA) is 83.0 Å². The van der Waals surface area contributed by atoms with E-state index in [1.807, 2.05) is 0 Å². The molecule has 2 N–H and O–H groups in total. The first-order valence-electron chi connectivity index (χ1n) is 4.28. The average Bonchev–Trinajstić information content (AvgIpc) is 2.65. The van der Waals surface area contributed by atoms with Crippen molar-refractivity contribution in [1.29, 1.82) is 0 Å². The van der Waals surface area contributed by atoms with E-state index in [-0.39, 0.29) is 5.75 Å². The van der Waals surface area contributed by atoms with Crippen LogP contribution in [0.2, 0.25) is 0 Å². The molecule has 0 aliphatic heterocycles. The molecular weight excluding hydrogens is 215 g/mol. The molecule has 0 aliphatic carbocycles. The van der Waals surface area contributed by atoms with Gasteiger partial charge in [-0.05, 0) is 0 Å². The van der Waals surface area contributed by atoms with Gasteiger partial charge < -0.3 is 10.5 Å². The number of carbonyl (C=O) groups is 1. The highest BCUT2D eigenvalue weighted by Gasteiger charge is 2.05. The Balaban J connectivity index is 2.28. The van der Waals surface area contributed by atoms with Crippen LogP contribution >= 0.6 is 0 Å². The summed E-state index contributed by atoms with van der Waals surface area (Å²) in [6.07, 6.45) is 4.24. The third kappa shape index (κ3) is 2.14. The van der Waals surface area contributed by atoms with Gasteiger partial charge in [-0.15, -0.1) is 0 Å². The normalized spacial score (nSPS) is 10.1. The average molecular weight is 222 g/mol. The molecule has 0 saturated heterocycles. The Kier molecular flexibility index (Phi) is 2.50. The third-order valence-electron chi connectivity index (χ3n) is 1.73. The molecule has 0 spiro atoms. The number of nitrogens with two attached hydrogens (primary N) is 1. The predicted octanol–water partition coefficient (Wildman–Crippen LogP) is 0.864. The van der Waals surface area contributed by atoms with E-state index < -0.39 is 11.9 Å². The number of hydrogen-bond acceptors (Lipinski definition) is 4. The van der Waals surface area contributed by atoms with Crippen molar-refractivity contribution < 1.29 is 13.9 Å². The van der Waals surface area contributed by atoms with Crippen LogP contribution in [0.5, 0.6) is 5.75 Å². The van der Waals surface area contributed by atoms with Crippen LogP contribution < -0.4 is 10.5 Å². The van der Waals surface area contributed by atoms with Gasteiger partial charge in [0.05, 0.1) is 30.5 Å². The molecule has 0 aromatic carbocycles. The Bertz CT molecular complexity index is 526. The van der Waals surface area contributed by atoms with E-state index in [4.69, 9.17) is 5.73 Å². The number of carbonyl (C=O) groups excluding carboxylic acids is 1. The highest BCUT2D eigenvalue weighted by molar-refractivity contribution is 5.67. The molecule has 0 aliphatic rings. The molecule has 2 rings (SSSR count). The van der Waals surface area contributed by atoms with Crippen molar-refractivity contribution in [2.45, 2.75) is 0 Å². The van der Waals surface area contributed by atoms with E-state index in [1.165, 1.54) is 29.3 Å². The molecule has 0 atom stereocenters. The zero-order valence-corrected chi connectivity index (χ0v) is 8.00. The second-order valence-corrected chi connectivity index (χ2v) is 2.90. The monoisotopic (exact) mass is 222 g/mol. The number of primary amides is 1. The van der Waals surface area contributed by atoms with Crippen molar-refractivity contribution >= 4 is 6.09 Å². The van der Waals surface area contributed by atoms with Crippen molar-refractivity contribution in [3.8, 4) is 11.4 Å². The molecule has 7 heteroatoms. The summed E-state index contributed by atoms with van der Waals surface area (Å²) in [4.78, 5) is 14.1. The Hall–Kier alpha value is -2.44. The second-order valence-electron chi connectivity index (χ2n) is 2.90. The number of hydrogen-bond donors (Lipinski definition) is 1. The van der Waals surface area contributed by atoms with Gasteiger partial charge >= 0.3 is 6.09 Å². The van der Waals surface area contributed by atoms with E-state index in [1.54, 1.807) is 0 Å². The van der Waals surface area contributed by atoms with Gasteiger partial charge in [0.25, 0.3) is 0 Å². The van der Waals surface area contributed by atoms with Crippen LogP contribution in [0.3, 0.4) is 0 Å². The standard InChI is InChI=1S/C9H7FN4O2/c10-6-1-7(3-12-2-6)14-5-8(4-13-14)16-9(11)15/h1-5H,(H2,11,15). The van der Waals surface area contributed by atoms with Gasteiger partial charge in [0.1, 0.15) is 5.82 Å². The minimum absolute atomic E-state index is 0.178. The predicted molar refractivity (Wildman–Crippen MR) is 51.5 cm³/mol. The molecule has 1 amide bonds. The Labute approximate surface area is 89.5 Å². The largest absolute Gasteiger partial charge is 0.410 e. The first kappa shape index (κ1) is 10.1. The summed E-state index contributed by atoms with van der Waals surface area (Å²) < 4.78 is 18.8. The molecule has 0 radical (unpaired) electrons. The number of pyridine rings is 1. The molecular formula is C9H7FN4O2. The number of nitrogens with zero attached hydrogens (tertiary/aromatic N) is 3. The minimum atomic E-state index is -0.933. The molecule has 82 valence electrons. The lowest BCUT2D eigenvalue weighted by atomic mass is 10.4. The number of aromatic nitrogens is 3. The number of amides is 1. The molecule has 0 bridgehead atoms. The molecule has 2 heterocycles. The van der Waals surface area contributed by atoms with Crippen LogP contribution in [0.15, 0.2) is 30.9 Å². The van der Waals surface area contributed by atoms with Gasteiger partial charge in [-0.2, -0.15) is 5.10 Å². The fraction of sp³-hybridized carbons (Fsp3) is 0. The molecule has 2 aromatic rings. The van der Waals surface area contributed by atoms with Crippen LogP contribution in [0.25, 0.3) is 5.69 Å².